The van der Waals surface area contributed by atoms with Gasteiger partial charge in [0.15, 0.2) is 0 Å². The monoisotopic (exact) mass is 398 g/mol. The molecule has 0 spiro atoms. The molecule has 28 heavy (non-hydrogen) atoms. The molecule has 3 aromatic rings. The Morgan fingerprint density at radius 2 is 2.04 bits per heavy atom. The molecule has 0 N–H and O–H groups in total. The van der Waals surface area contributed by atoms with E-state index >= 15 is 0 Å². The van der Waals surface area contributed by atoms with Crippen LogP contribution in [0.4, 0.5) is 4.79 Å². The maximum Gasteiger partial charge on any atom is 0.415 e. The Morgan fingerprint density at radius 3 is 2.79 bits per heavy atom. The van der Waals surface area contributed by atoms with Gasteiger partial charge in [0.25, 0.3) is 5.56 Å². The summed E-state index contributed by atoms with van der Waals surface area (Å²) in [7, 11) is 0. The van der Waals surface area contributed by atoms with Gasteiger partial charge in [0, 0.05) is 12.6 Å². The number of aromatic nitrogens is 3. The number of carbonyl (C=O) groups excluding carboxylic acids is 1. The highest BCUT2D eigenvalue weighted by atomic mass is 32.1. The third kappa shape index (κ3) is 3.64. The number of benzene rings is 1. The number of hydrogen-bond donors (Lipinski definition) is 0. The highest BCUT2D eigenvalue weighted by Crippen LogP contribution is 2.33. The number of amides is 1. The SMILES string of the molecule is CC(C)c1cc(=O)n2nc([C@H]3CCCCN3C(=O)Oc3ccccc3)sc2n1. The van der Waals surface area contributed by atoms with Crippen molar-refractivity contribution in [3.8, 4) is 5.75 Å². The molecule has 0 radical (unpaired) electrons. The molecule has 1 aliphatic heterocycles. The van der Waals surface area contributed by atoms with Gasteiger partial charge in [-0.1, -0.05) is 43.4 Å². The molecular weight excluding hydrogens is 376 g/mol. The molecule has 1 amide bonds. The quantitative estimate of drug-likeness (QED) is 0.666. The topological polar surface area (TPSA) is 76.8 Å². The second-order valence-corrected chi connectivity index (χ2v) is 8.18. The summed E-state index contributed by atoms with van der Waals surface area (Å²) in [4.78, 5) is 32.0. The number of piperidine rings is 1. The lowest BCUT2D eigenvalue weighted by Crippen LogP contribution is -2.40. The third-order valence-electron chi connectivity index (χ3n) is 4.84. The maximum absolute atomic E-state index is 12.8. The zero-order valence-electron chi connectivity index (χ0n) is 15.9. The molecule has 2 aromatic heterocycles. The number of carbonyl (C=O) groups is 1. The number of para-hydroxylation sites is 1. The molecular formula is C20H22N4O3S. The van der Waals surface area contributed by atoms with E-state index in [0.717, 1.165) is 30.0 Å². The van der Waals surface area contributed by atoms with Crippen LogP contribution in [0.2, 0.25) is 0 Å². The van der Waals surface area contributed by atoms with Crippen LogP contribution in [-0.2, 0) is 0 Å². The van der Waals surface area contributed by atoms with Crippen LogP contribution in [0, 0.1) is 0 Å². The molecule has 1 aliphatic rings. The molecule has 0 unspecified atom stereocenters. The average molecular weight is 398 g/mol. The fraction of sp³-hybridized carbons (Fsp3) is 0.400. The van der Waals surface area contributed by atoms with Crippen molar-refractivity contribution in [1.82, 2.24) is 19.5 Å². The molecule has 1 saturated heterocycles. The van der Waals surface area contributed by atoms with E-state index in [9.17, 15) is 9.59 Å². The van der Waals surface area contributed by atoms with Crippen molar-refractivity contribution in [1.29, 1.82) is 0 Å². The second kappa shape index (κ2) is 7.71. The minimum absolute atomic E-state index is 0.162. The van der Waals surface area contributed by atoms with Crippen LogP contribution in [0.25, 0.3) is 4.96 Å². The van der Waals surface area contributed by atoms with Gasteiger partial charge in [-0.3, -0.25) is 9.69 Å². The minimum atomic E-state index is -0.390. The van der Waals surface area contributed by atoms with Gasteiger partial charge in [-0.15, -0.1) is 0 Å². The number of ether oxygens (including phenoxy) is 1. The van der Waals surface area contributed by atoms with Crippen LogP contribution < -0.4 is 10.3 Å². The molecule has 3 heterocycles. The summed E-state index contributed by atoms with van der Waals surface area (Å²) in [5, 5.41) is 5.20. The first-order chi connectivity index (χ1) is 13.5. The smallest absolute Gasteiger partial charge is 0.410 e. The van der Waals surface area contributed by atoms with E-state index in [-0.39, 0.29) is 17.5 Å². The first-order valence-electron chi connectivity index (χ1n) is 9.47. The summed E-state index contributed by atoms with van der Waals surface area (Å²) < 4.78 is 6.87. The lowest BCUT2D eigenvalue weighted by Gasteiger charge is -2.33. The summed E-state index contributed by atoms with van der Waals surface area (Å²) in [5.41, 5.74) is 0.564. The molecule has 1 fully saturated rings. The van der Waals surface area contributed by atoms with Crippen LogP contribution in [0.1, 0.15) is 55.8 Å². The van der Waals surface area contributed by atoms with E-state index in [1.807, 2.05) is 32.0 Å². The largest absolute Gasteiger partial charge is 0.415 e. The van der Waals surface area contributed by atoms with Crippen molar-refractivity contribution >= 4 is 22.4 Å². The molecule has 1 atom stereocenters. The Morgan fingerprint density at radius 1 is 1.25 bits per heavy atom. The van der Waals surface area contributed by atoms with Crippen LogP contribution in [0.3, 0.4) is 0 Å². The van der Waals surface area contributed by atoms with Crippen molar-refractivity contribution in [3.63, 3.8) is 0 Å². The molecule has 7 nitrogen and oxygen atoms in total. The predicted molar refractivity (Wildman–Crippen MR) is 107 cm³/mol. The predicted octanol–water partition coefficient (Wildman–Crippen LogP) is 4.00. The van der Waals surface area contributed by atoms with E-state index in [4.69, 9.17) is 4.74 Å². The van der Waals surface area contributed by atoms with E-state index < -0.39 is 6.09 Å². The summed E-state index contributed by atoms with van der Waals surface area (Å²) >= 11 is 1.37. The van der Waals surface area contributed by atoms with Crippen LogP contribution in [-0.4, -0.2) is 32.1 Å². The summed E-state index contributed by atoms with van der Waals surface area (Å²) in [6.45, 7) is 4.61. The molecule has 146 valence electrons. The standard InChI is InChI=1S/C20H22N4O3S/c1-13(2)15-12-17(25)24-19(21-15)28-18(22-24)16-10-6-7-11-23(16)20(26)27-14-8-4-3-5-9-14/h3-5,8-9,12-13,16H,6-7,10-11H2,1-2H3/t16-/m1/s1. The Labute approximate surface area is 166 Å². The van der Waals surface area contributed by atoms with Gasteiger partial charge in [-0.25, -0.2) is 9.78 Å². The maximum atomic E-state index is 12.8. The zero-order valence-corrected chi connectivity index (χ0v) is 16.7. The Balaban J connectivity index is 1.65. The molecule has 0 bridgehead atoms. The second-order valence-electron chi connectivity index (χ2n) is 7.19. The van der Waals surface area contributed by atoms with Crippen molar-refractivity contribution < 1.29 is 9.53 Å². The Bertz CT molecular complexity index is 1040. The summed E-state index contributed by atoms with van der Waals surface area (Å²) in [5.74, 6) is 0.677. The highest BCUT2D eigenvalue weighted by molar-refractivity contribution is 7.16. The number of likely N-dealkylation sites (tertiary alicyclic amines) is 1. The van der Waals surface area contributed by atoms with E-state index in [2.05, 4.69) is 10.1 Å². The van der Waals surface area contributed by atoms with E-state index in [0.29, 0.717) is 17.3 Å². The first-order valence-corrected chi connectivity index (χ1v) is 10.3. The van der Waals surface area contributed by atoms with Crippen molar-refractivity contribution in [2.75, 3.05) is 6.54 Å². The van der Waals surface area contributed by atoms with Gasteiger partial charge in [-0.05, 0) is 37.3 Å². The van der Waals surface area contributed by atoms with Crippen molar-refractivity contribution in [3.05, 3.63) is 57.5 Å². The molecule has 1 aromatic carbocycles. The summed E-state index contributed by atoms with van der Waals surface area (Å²) in [6.07, 6.45) is 2.31. The van der Waals surface area contributed by atoms with Gasteiger partial charge in [0.2, 0.25) is 4.96 Å². The van der Waals surface area contributed by atoms with Gasteiger partial charge >= 0.3 is 6.09 Å². The van der Waals surface area contributed by atoms with Crippen molar-refractivity contribution in [2.45, 2.75) is 45.1 Å². The van der Waals surface area contributed by atoms with Gasteiger partial charge in [0.05, 0.1) is 11.7 Å². The Kier molecular flexibility index (Phi) is 5.13. The average Bonchev–Trinajstić information content (AvgIpc) is 3.13. The fourth-order valence-corrected chi connectivity index (χ4v) is 4.39. The van der Waals surface area contributed by atoms with Crippen LogP contribution >= 0.6 is 11.3 Å². The Hall–Kier alpha value is -2.74. The first kappa shape index (κ1) is 18.6. The third-order valence-corrected chi connectivity index (χ3v) is 5.85. The number of rotatable bonds is 3. The number of nitrogens with zero attached hydrogens (tertiary/aromatic N) is 4. The van der Waals surface area contributed by atoms with Gasteiger partial charge < -0.3 is 4.74 Å². The highest BCUT2D eigenvalue weighted by Gasteiger charge is 2.32. The van der Waals surface area contributed by atoms with Crippen molar-refractivity contribution in [2.24, 2.45) is 0 Å². The van der Waals surface area contributed by atoms with E-state index in [1.54, 1.807) is 17.0 Å². The molecule has 8 heteroatoms. The summed E-state index contributed by atoms with van der Waals surface area (Å²) in [6, 6.07) is 10.4. The zero-order chi connectivity index (χ0) is 19.7. The van der Waals surface area contributed by atoms with Gasteiger partial charge in [0.1, 0.15) is 10.8 Å². The molecule has 4 rings (SSSR count). The lowest BCUT2D eigenvalue weighted by atomic mass is 10.0. The number of fused-ring (bicyclic) bond motifs is 1. The minimum Gasteiger partial charge on any atom is -0.410 e. The van der Waals surface area contributed by atoms with E-state index in [1.165, 1.54) is 21.9 Å². The molecule has 0 aliphatic carbocycles. The normalized spacial score (nSPS) is 17.2. The van der Waals surface area contributed by atoms with Crippen LogP contribution in [0.5, 0.6) is 5.75 Å². The molecule has 0 saturated carbocycles. The number of hydrogen-bond acceptors (Lipinski definition) is 6. The lowest BCUT2D eigenvalue weighted by molar-refractivity contribution is 0.112. The van der Waals surface area contributed by atoms with Crippen LogP contribution in [0.15, 0.2) is 41.2 Å². The van der Waals surface area contributed by atoms with Gasteiger partial charge in [-0.2, -0.15) is 9.61 Å². The fourth-order valence-electron chi connectivity index (χ4n) is 3.33.